The molecule has 0 atom stereocenters. The van der Waals surface area contributed by atoms with Crippen LogP contribution in [0.15, 0.2) is 41.5 Å². The van der Waals surface area contributed by atoms with E-state index in [2.05, 4.69) is 0 Å². The van der Waals surface area contributed by atoms with Crippen LogP contribution in [0.1, 0.15) is 10.4 Å². The smallest absolute Gasteiger partial charge is 0.302 e. The van der Waals surface area contributed by atoms with Crippen molar-refractivity contribution in [1.29, 1.82) is 0 Å². The molecule has 0 unspecified atom stereocenters. The average Bonchev–Trinajstić information content (AvgIpc) is 2.61. The van der Waals surface area contributed by atoms with E-state index in [9.17, 15) is 14.0 Å². The highest BCUT2D eigenvalue weighted by Gasteiger charge is 2.09. The lowest BCUT2D eigenvalue weighted by atomic mass is 10.1. The van der Waals surface area contributed by atoms with Crippen LogP contribution in [0.4, 0.5) is 4.39 Å². The fourth-order valence-electron chi connectivity index (χ4n) is 1.54. The fraction of sp³-hybridized carbons (Fsp3) is 0.167. The molecule has 0 bridgehead atoms. The first-order valence-electron chi connectivity index (χ1n) is 5.08. The Morgan fingerprint density at radius 1 is 1.35 bits per heavy atom. The summed E-state index contributed by atoms with van der Waals surface area (Å²) >= 11 is 0. The summed E-state index contributed by atoms with van der Waals surface area (Å²) in [5.74, 6) is -0.756. The third-order valence-electron chi connectivity index (χ3n) is 2.48. The van der Waals surface area contributed by atoms with E-state index in [0.717, 1.165) is 6.07 Å². The molecule has 1 aromatic heterocycles. The number of hydrogen-bond donors (Lipinski definition) is 0. The number of imidazole rings is 1. The van der Waals surface area contributed by atoms with Crippen LogP contribution in [0.2, 0.25) is 0 Å². The Kier molecular flexibility index (Phi) is 2.91. The Balaban J connectivity index is 2.23. The van der Waals surface area contributed by atoms with Crippen molar-refractivity contribution >= 4 is 5.78 Å². The van der Waals surface area contributed by atoms with Gasteiger partial charge in [0.1, 0.15) is 5.82 Å². The van der Waals surface area contributed by atoms with Gasteiger partial charge in [0, 0.05) is 25.0 Å². The number of hydrogen-bond acceptors (Lipinski definition) is 2. The first-order valence-corrected chi connectivity index (χ1v) is 5.08. The van der Waals surface area contributed by atoms with Crippen molar-refractivity contribution in [3.05, 3.63) is 58.5 Å². The maximum Gasteiger partial charge on any atom is 0.328 e. The number of ketones is 1. The van der Waals surface area contributed by atoms with Crippen LogP contribution in [0, 0.1) is 5.82 Å². The van der Waals surface area contributed by atoms with Crippen molar-refractivity contribution in [1.82, 2.24) is 9.13 Å². The molecule has 17 heavy (non-hydrogen) atoms. The van der Waals surface area contributed by atoms with Gasteiger partial charge in [0.05, 0.1) is 6.54 Å². The van der Waals surface area contributed by atoms with Gasteiger partial charge in [0.2, 0.25) is 0 Å². The van der Waals surface area contributed by atoms with Gasteiger partial charge in [-0.2, -0.15) is 0 Å². The largest absolute Gasteiger partial charge is 0.328 e. The highest BCUT2D eigenvalue weighted by molar-refractivity contribution is 5.95. The number of halogens is 1. The van der Waals surface area contributed by atoms with Crippen molar-refractivity contribution < 1.29 is 9.18 Å². The van der Waals surface area contributed by atoms with Crippen molar-refractivity contribution in [3.8, 4) is 0 Å². The van der Waals surface area contributed by atoms with Gasteiger partial charge in [-0.25, -0.2) is 9.18 Å². The Labute approximate surface area is 96.9 Å². The van der Waals surface area contributed by atoms with Crippen molar-refractivity contribution in [3.63, 3.8) is 0 Å². The monoisotopic (exact) mass is 234 g/mol. The van der Waals surface area contributed by atoms with Crippen LogP contribution in [0.3, 0.4) is 0 Å². The molecule has 0 radical (unpaired) electrons. The zero-order chi connectivity index (χ0) is 12.4. The normalized spacial score (nSPS) is 10.5. The van der Waals surface area contributed by atoms with Gasteiger partial charge in [0.15, 0.2) is 5.78 Å². The van der Waals surface area contributed by atoms with Gasteiger partial charge in [-0.1, -0.05) is 12.1 Å². The first kappa shape index (κ1) is 11.3. The third kappa shape index (κ3) is 2.33. The minimum Gasteiger partial charge on any atom is -0.302 e. The van der Waals surface area contributed by atoms with Gasteiger partial charge >= 0.3 is 5.69 Å². The van der Waals surface area contributed by atoms with Crippen molar-refractivity contribution in [2.24, 2.45) is 7.05 Å². The first-order chi connectivity index (χ1) is 8.08. The van der Waals surface area contributed by atoms with Crippen molar-refractivity contribution in [2.75, 3.05) is 0 Å². The molecular weight excluding hydrogens is 223 g/mol. The predicted octanol–water partition coefficient (Wildman–Crippen LogP) is 1.21. The second-order valence-electron chi connectivity index (χ2n) is 3.75. The van der Waals surface area contributed by atoms with Gasteiger partial charge in [-0.05, 0) is 12.1 Å². The van der Waals surface area contributed by atoms with Crippen LogP contribution in [-0.2, 0) is 13.6 Å². The summed E-state index contributed by atoms with van der Waals surface area (Å²) < 4.78 is 15.6. The molecule has 0 aliphatic heterocycles. The Morgan fingerprint density at radius 2 is 2.12 bits per heavy atom. The van der Waals surface area contributed by atoms with Crippen LogP contribution in [0.5, 0.6) is 0 Å². The summed E-state index contributed by atoms with van der Waals surface area (Å²) in [5.41, 5.74) is -0.00416. The van der Waals surface area contributed by atoms with Gasteiger partial charge in [0.25, 0.3) is 0 Å². The fourth-order valence-corrected chi connectivity index (χ4v) is 1.54. The second-order valence-corrected chi connectivity index (χ2v) is 3.75. The summed E-state index contributed by atoms with van der Waals surface area (Å²) in [5, 5.41) is 0. The molecule has 0 saturated heterocycles. The molecule has 0 N–H and O–H groups in total. The third-order valence-corrected chi connectivity index (χ3v) is 2.48. The van der Waals surface area contributed by atoms with Crippen LogP contribution < -0.4 is 5.69 Å². The van der Waals surface area contributed by atoms with E-state index in [1.807, 2.05) is 0 Å². The molecule has 0 fully saturated rings. The number of nitrogens with zero attached hydrogens (tertiary/aromatic N) is 2. The van der Waals surface area contributed by atoms with E-state index < -0.39 is 5.82 Å². The SMILES string of the molecule is Cn1ccn(CC(=O)c2cccc(F)c2)c1=O. The molecule has 0 amide bonds. The number of aromatic nitrogens is 2. The summed E-state index contributed by atoms with van der Waals surface area (Å²) in [4.78, 5) is 23.3. The predicted molar refractivity (Wildman–Crippen MR) is 60.4 cm³/mol. The molecule has 88 valence electrons. The number of benzene rings is 1. The molecule has 0 aliphatic carbocycles. The van der Waals surface area contributed by atoms with Crippen molar-refractivity contribution in [2.45, 2.75) is 6.54 Å². The average molecular weight is 234 g/mol. The molecule has 1 aromatic carbocycles. The molecule has 0 spiro atoms. The quantitative estimate of drug-likeness (QED) is 0.749. The summed E-state index contributed by atoms with van der Waals surface area (Å²) in [6.45, 7) is -0.0802. The Bertz CT molecular complexity index is 613. The molecule has 4 nitrogen and oxygen atoms in total. The standard InChI is InChI=1S/C12H11FN2O2/c1-14-5-6-15(12(14)17)8-11(16)9-3-2-4-10(13)7-9/h2-7H,8H2,1H3. The van der Waals surface area contributed by atoms with Gasteiger partial charge in [-0.15, -0.1) is 0 Å². The van der Waals surface area contributed by atoms with E-state index in [4.69, 9.17) is 0 Å². The number of carbonyl (C=O) groups is 1. The maximum atomic E-state index is 12.9. The molecule has 2 rings (SSSR count). The topological polar surface area (TPSA) is 44.0 Å². The number of carbonyl (C=O) groups excluding carboxylic acids is 1. The summed E-state index contributed by atoms with van der Waals surface area (Å²) in [6.07, 6.45) is 3.10. The Morgan fingerprint density at radius 3 is 2.71 bits per heavy atom. The van der Waals surface area contributed by atoms with E-state index in [1.165, 1.54) is 33.5 Å². The van der Waals surface area contributed by atoms with E-state index in [0.29, 0.717) is 0 Å². The lowest BCUT2D eigenvalue weighted by Gasteiger charge is -2.01. The van der Waals surface area contributed by atoms with Crippen LogP contribution in [0.25, 0.3) is 0 Å². The lowest BCUT2D eigenvalue weighted by Crippen LogP contribution is -2.25. The zero-order valence-electron chi connectivity index (χ0n) is 9.26. The van der Waals surface area contributed by atoms with Gasteiger partial charge < -0.3 is 4.57 Å². The molecule has 5 heteroatoms. The van der Waals surface area contributed by atoms with E-state index >= 15 is 0 Å². The summed E-state index contributed by atoms with van der Waals surface area (Å²) in [7, 11) is 1.60. The molecule has 0 aliphatic rings. The van der Waals surface area contributed by atoms with Crippen LogP contribution >= 0.6 is 0 Å². The zero-order valence-corrected chi connectivity index (χ0v) is 9.26. The lowest BCUT2D eigenvalue weighted by molar-refractivity contribution is 0.0970. The number of Topliss-reactive ketones (excluding diaryl/α,β-unsaturated/α-hetero) is 1. The minimum absolute atomic E-state index is 0.0802. The van der Waals surface area contributed by atoms with Crippen LogP contribution in [-0.4, -0.2) is 14.9 Å². The second kappa shape index (κ2) is 4.37. The summed E-state index contributed by atoms with van der Waals surface area (Å²) in [6, 6.07) is 5.43. The highest BCUT2D eigenvalue weighted by atomic mass is 19.1. The molecular formula is C12H11FN2O2. The van der Waals surface area contributed by atoms with E-state index in [-0.39, 0.29) is 23.6 Å². The maximum absolute atomic E-state index is 12.9. The minimum atomic E-state index is -0.462. The number of rotatable bonds is 3. The molecule has 0 saturated carbocycles. The van der Waals surface area contributed by atoms with E-state index in [1.54, 1.807) is 13.2 Å². The highest BCUT2D eigenvalue weighted by Crippen LogP contribution is 2.05. The Hall–Kier alpha value is -2.17. The number of aryl methyl sites for hydroxylation is 1. The van der Waals surface area contributed by atoms with Gasteiger partial charge in [-0.3, -0.25) is 9.36 Å². The molecule has 2 aromatic rings. The molecule has 1 heterocycles.